The number of fused-ring (bicyclic) bond motifs is 10. The van der Waals surface area contributed by atoms with Crippen molar-refractivity contribution in [3.63, 3.8) is 0 Å². The molecule has 1 aliphatic carbocycles. The second-order valence-electron chi connectivity index (χ2n) is 25.8. The minimum absolute atomic E-state index is 0. The third-order valence-electron chi connectivity index (χ3n) is 18.4. The van der Waals surface area contributed by atoms with E-state index in [0.29, 0.717) is 11.5 Å². The standard InChI is InChI=1S/C82H64N5O.Pt/c1-80(2,3)55-42-43-83-78(48-55)87-76-50-58(86-72-34-20-16-30-64(72)65-31-17-21-35-73(65)86)38-40-66(76)67-41-39-60(51-77(67)87)88-61-45-57(82(7)70-32-18-14-28-62(70)63-29-15-19-33-71(63)82)44-59(49-61)84-52-85(75-37-23-22-36-74(75)84)79-68(53-24-10-8-11-25-53)46-56(81(4,5)6)47-69(79)54-26-12-9-13-27-54;/h8-48,50,52H,1-7H3;/q-3;. The van der Waals surface area contributed by atoms with Crippen molar-refractivity contribution in [2.75, 3.05) is 9.80 Å². The van der Waals surface area contributed by atoms with E-state index in [2.05, 4.69) is 335 Å². The molecule has 3 aromatic heterocycles. The fraction of sp³-hybridized carbons (Fsp3) is 0.122. The molecule has 89 heavy (non-hydrogen) atoms. The van der Waals surface area contributed by atoms with Crippen molar-refractivity contribution in [2.45, 2.75) is 64.7 Å². The molecular weight excluding hydrogens is 1270 g/mol. The summed E-state index contributed by atoms with van der Waals surface area (Å²) in [5.41, 5.74) is 21.6. The maximum absolute atomic E-state index is 7.35. The topological polar surface area (TPSA) is 38.5 Å². The Bertz CT molecular complexity index is 4940. The van der Waals surface area contributed by atoms with E-state index in [4.69, 9.17) is 9.72 Å². The second-order valence-corrected chi connectivity index (χ2v) is 25.8. The summed E-state index contributed by atoms with van der Waals surface area (Å²) in [4.78, 5) is 9.84. The fourth-order valence-corrected chi connectivity index (χ4v) is 13.9. The van der Waals surface area contributed by atoms with Gasteiger partial charge in [0.1, 0.15) is 5.82 Å². The molecule has 0 unspecified atom stereocenters. The molecule has 6 nitrogen and oxygen atoms in total. The average molecular weight is 1330 g/mol. The van der Waals surface area contributed by atoms with Crippen LogP contribution in [0.1, 0.15) is 76.3 Å². The van der Waals surface area contributed by atoms with E-state index in [0.717, 1.165) is 94.9 Å². The van der Waals surface area contributed by atoms with Crippen LogP contribution in [0.2, 0.25) is 0 Å². The van der Waals surface area contributed by atoms with Crippen molar-refractivity contribution >= 4 is 66.4 Å². The third-order valence-corrected chi connectivity index (χ3v) is 18.4. The molecule has 11 aromatic carbocycles. The zero-order chi connectivity index (χ0) is 59.6. The molecular formula is C82H64N5OPt-3. The largest absolute Gasteiger partial charge is 0.509 e. The Labute approximate surface area is 535 Å². The van der Waals surface area contributed by atoms with E-state index in [1.165, 1.54) is 44.2 Å². The average Bonchev–Trinajstić information content (AvgIpc) is 1.68. The maximum Gasteiger partial charge on any atom is 0.135 e. The summed E-state index contributed by atoms with van der Waals surface area (Å²) >= 11 is 0. The third kappa shape index (κ3) is 9.13. The summed E-state index contributed by atoms with van der Waals surface area (Å²) in [6.45, 7) is 18.3. The van der Waals surface area contributed by atoms with E-state index in [1.54, 1.807) is 0 Å². The molecule has 0 saturated carbocycles. The number of pyridine rings is 1. The molecule has 0 spiro atoms. The number of anilines is 4. The first kappa shape index (κ1) is 55.8. The van der Waals surface area contributed by atoms with Crippen molar-refractivity contribution in [1.82, 2.24) is 14.1 Å². The first-order chi connectivity index (χ1) is 42.8. The predicted molar refractivity (Wildman–Crippen MR) is 364 cm³/mol. The minimum atomic E-state index is -0.560. The van der Waals surface area contributed by atoms with Gasteiger partial charge in [0.15, 0.2) is 0 Å². The normalized spacial score (nSPS) is 13.5. The quantitative estimate of drug-likeness (QED) is 0.135. The number of hydrogen-bond donors (Lipinski definition) is 0. The Balaban J connectivity index is 0.00000663. The summed E-state index contributed by atoms with van der Waals surface area (Å²) in [5.74, 6) is 1.95. The van der Waals surface area contributed by atoms with Crippen LogP contribution >= 0.6 is 0 Å². The summed E-state index contributed by atoms with van der Waals surface area (Å²) in [6.07, 6.45) is 1.94. The van der Waals surface area contributed by atoms with Crippen LogP contribution < -0.4 is 14.5 Å². The van der Waals surface area contributed by atoms with Gasteiger partial charge in [-0.25, -0.2) is 4.98 Å². The molecule has 4 heterocycles. The Hall–Kier alpha value is -9.74. The molecule has 2 aliphatic rings. The molecule has 7 heteroatoms. The number of hydrogen-bond acceptors (Lipinski definition) is 4. The summed E-state index contributed by atoms with van der Waals surface area (Å²) in [5, 5.41) is 4.58. The Morgan fingerprint density at radius 3 is 1.60 bits per heavy atom. The van der Waals surface area contributed by atoms with Gasteiger partial charge in [0.2, 0.25) is 0 Å². The van der Waals surface area contributed by atoms with Gasteiger partial charge in [0.25, 0.3) is 0 Å². The number of para-hydroxylation sites is 4. The van der Waals surface area contributed by atoms with Crippen molar-refractivity contribution in [3.05, 3.63) is 302 Å². The van der Waals surface area contributed by atoms with Crippen LogP contribution in [0.4, 0.5) is 22.7 Å². The molecule has 0 N–H and O–H groups in total. The molecule has 0 fully saturated rings. The minimum Gasteiger partial charge on any atom is -0.509 e. The number of rotatable bonds is 9. The van der Waals surface area contributed by atoms with Crippen LogP contribution in [0.5, 0.6) is 11.5 Å². The number of benzene rings is 11. The van der Waals surface area contributed by atoms with Gasteiger partial charge in [0, 0.05) is 94.3 Å². The molecule has 14 aromatic rings. The number of aromatic nitrogens is 3. The molecule has 1 aliphatic heterocycles. The summed E-state index contributed by atoms with van der Waals surface area (Å²) in [7, 11) is 0. The monoisotopic (exact) mass is 1330 g/mol. The molecule has 0 atom stereocenters. The van der Waals surface area contributed by atoms with Crippen LogP contribution in [0.3, 0.4) is 0 Å². The first-order valence-electron chi connectivity index (χ1n) is 30.5. The first-order valence-corrected chi connectivity index (χ1v) is 30.5. The molecule has 0 radical (unpaired) electrons. The van der Waals surface area contributed by atoms with E-state index in [1.807, 2.05) is 6.20 Å². The molecule has 0 saturated heterocycles. The van der Waals surface area contributed by atoms with Crippen molar-refractivity contribution in [2.24, 2.45) is 0 Å². The van der Waals surface area contributed by atoms with Gasteiger partial charge >= 0.3 is 0 Å². The molecule has 16 rings (SSSR count). The van der Waals surface area contributed by atoms with E-state index >= 15 is 0 Å². The van der Waals surface area contributed by atoms with Crippen LogP contribution in [0.25, 0.3) is 88.5 Å². The van der Waals surface area contributed by atoms with Gasteiger partial charge < -0.3 is 23.7 Å². The van der Waals surface area contributed by atoms with Crippen molar-refractivity contribution < 1.29 is 25.8 Å². The Morgan fingerprint density at radius 1 is 0.438 bits per heavy atom. The van der Waals surface area contributed by atoms with E-state index < -0.39 is 5.41 Å². The Kier molecular flexibility index (Phi) is 13.3. The van der Waals surface area contributed by atoms with E-state index in [9.17, 15) is 0 Å². The van der Waals surface area contributed by atoms with Crippen LogP contribution in [-0.2, 0) is 37.3 Å². The Morgan fingerprint density at radius 2 is 0.978 bits per heavy atom. The SMILES string of the molecule is CC(C)(C)c1ccnc(-n2c3[c-]c(Oc4[c-]c(N5[CH-]N(c6c(-c7ccccc7)cc(C(C)(C)C)cc6-c6ccccc6)c6ccccc65)cc(C5(C)c6ccccc6-c6ccccc65)c4)ccc3c3ccc(-n4c5ccccc5c5ccccc54)cc32)c1.[Pt]. The summed E-state index contributed by atoms with van der Waals surface area (Å²) in [6, 6.07) is 98.1. The second kappa shape index (κ2) is 21.3. The van der Waals surface area contributed by atoms with Crippen LogP contribution in [-0.4, -0.2) is 14.1 Å². The zero-order valence-corrected chi connectivity index (χ0v) is 53.1. The van der Waals surface area contributed by atoms with Gasteiger partial charge in [-0.1, -0.05) is 211 Å². The molecule has 436 valence electrons. The van der Waals surface area contributed by atoms with Crippen molar-refractivity contribution in [3.8, 4) is 56.4 Å². The van der Waals surface area contributed by atoms with Gasteiger partial charge in [0.05, 0.1) is 11.0 Å². The maximum atomic E-state index is 7.35. The predicted octanol–water partition coefficient (Wildman–Crippen LogP) is 21.3. The summed E-state index contributed by atoms with van der Waals surface area (Å²) < 4.78 is 12.0. The zero-order valence-electron chi connectivity index (χ0n) is 50.8. The number of nitrogens with zero attached hydrogens (tertiary/aromatic N) is 5. The molecule has 0 bridgehead atoms. The van der Waals surface area contributed by atoms with Gasteiger partial charge in [-0.15, -0.1) is 53.6 Å². The van der Waals surface area contributed by atoms with Gasteiger partial charge in [-0.3, -0.25) is 0 Å². The number of ether oxygens (including phenoxy) is 1. The smallest absolute Gasteiger partial charge is 0.135 e. The van der Waals surface area contributed by atoms with Crippen LogP contribution in [0, 0.1) is 18.8 Å². The van der Waals surface area contributed by atoms with Crippen LogP contribution in [0.15, 0.2) is 255 Å². The fourth-order valence-electron chi connectivity index (χ4n) is 13.9. The van der Waals surface area contributed by atoms with Gasteiger partial charge in [-0.2, -0.15) is 6.07 Å². The molecule has 0 amide bonds. The van der Waals surface area contributed by atoms with Gasteiger partial charge in [-0.05, 0) is 128 Å². The van der Waals surface area contributed by atoms with E-state index in [-0.39, 0.29) is 31.9 Å². The van der Waals surface area contributed by atoms with Crippen molar-refractivity contribution in [1.29, 1.82) is 0 Å².